The number of nitrogens with two attached hydrogens (primary N) is 1. The molecule has 76 valence electrons. The summed E-state index contributed by atoms with van der Waals surface area (Å²) in [5.41, 5.74) is 5.70. The average Bonchev–Trinajstić information content (AvgIpc) is 2.06. The Morgan fingerprint density at radius 1 is 1.54 bits per heavy atom. The number of carbonyl (C=O) groups is 1. The summed E-state index contributed by atoms with van der Waals surface area (Å²) in [6.07, 6.45) is 6.80. The van der Waals surface area contributed by atoms with Gasteiger partial charge in [0.15, 0.2) is 0 Å². The summed E-state index contributed by atoms with van der Waals surface area (Å²) in [7, 11) is 0. The van der Waals surface area contributed by atoms with Crippen molar-refractivity contribution in [2.24, 2.45) is 5.73 Å². The van der Waals surface area contributed by atoms with Crippen molar-refractivity contribution in [3.63, 3.8) is 0 Å². The molecule has 1 rings (SSSR count). The molecule has 1 aliphatic carbocycles. The topological polar surface area (TPSA) is 55.1 Å². The lowest BCUT2D eigenvalue weighted by atomic mass is 9.92. The Morgan fingerprint density at radius 2 is 2.15 bits per heavy atom. The second-order valence-corrected chi connectivity index (χ2v) is 3.32. The maximum atomic E-state index is 10.0. The third kappa shape index (κ3) is 6.34. The molecule has 3 N–H and O–H groups in total. The predicted molar refractivity (Wildman–Crippen MR) is 55.3 cm³/mol. The summed E-state index contributed by atoms with van der Waals surface area (Å²) in [6, 6.07) is 0.632. The first-order valence-electron chi connectivity index (χ1n) is 4.76. The van der Waals surface area contributed by atoms with Crippen LogP contribution in [0.1, 0.15) is 32.6 Å². The zero-order chi connectivity index (χ0) is 10.1. The minimum atomic E-state index is 0.297. The van der Waals surface area contributed by atoms with Crippen LogP contribution in [-0.2, 0) is 4.79 Å². The van der Waals surface area contributed by atoms with Crippen LogP contribution < -0.4 is 11.1 Å². The van der Waals surface area contributed by atoms with Crippen LogP contribution >= 0.6 is 0 Å². The van der Waals surface area contributed by atoms with Crippen molar-refractivity contribution in [1.29, 1.82) is 0 Å². The number of amides is 1. The van der Waals surface area contributed by atoms with Gasteiger partial charge in [-0.3, -0.25) is 4.79 Å². The van der Waals surface area contributed by atoms with E-state index in [9.17, 15) is 4.79 Å². The fourth-order valence-electron chi connectivity index (χ4n) is 1.48. The van der Waals surface area contributed by atoms with Crippen molar-refractivity contribution in [2.75, 3.05) is 0 Å². The number of carbonyl (C=O) groups excluding carboxylic acids is 1. The molecule has 3 heteroatoms. The summed E-state index contributed by atoms with van der Waals surface area (Å²) in [4.78, 5) is 10.0. The van der Waals surface area contributed by atoms with Gasteiger partial charge in [-0.15, -0.1) is 6.58 Å². The molecule has 0 aliphatic heterocycles. The quantitative estimate of drug-likeness (QED) is 0.500. The Morgan fingerprint density at radius 3 is 2.62 bits per heavy atom. The lowest BCUT2D eigenvalue weighted by Gasteiger charge is -2.25. The van der Waals surface area contributed by atoms with Crippen molar-refractivity contribution < 1.29 is 4.79 Å². The molecule has 1 saturated carbocycles. The van der Waals surface area contributed by atoms with Crippen LogP contribution in [0.25, 0.3) is 0 Å². The molecule has 0 saturated heterocycles. The van der Waals surface area contributed by atoms with Crippen molar-refractivity contribution in [3.05, 3.63) is 12.7 Å². The third-order valence-electron chi connectivity index (χ3n) is 2.02. The maximum absolute atomic E-state index is 10.0. The second-order valence-electron chi connectivity index (χ2n) is 3.32. The van der Waals surface area contributed by atoms with Crippen LogP contribution in [-0.4, -0.2) is 18.5 Å². The van der Waals surface area contributed by atoms with Gasteiger partial charge in [0.1, 0.15) is 0 Å². The molecule has 0 heterocycles. The fourth-order valence-corrected chi connectivity index (χ4v) is 1.48. The number of allylic oxidation sites excluding steroid dienone is 1. The Bertz CT molecular complexity index is 148. The Kier molecular flexibility index (Phi) is 7.30. The summed E-state index contributed by atoms with van der Waals surface area (Å²) in [5, 5.41) is 2.75. The lowest BCUT2D eigenvalue weighted by Crippen LogP contribution is -2.38. The van der Waals surface area contributed by atoms with Gasteiger partial charge in [0.25, 0.3) is 0 Å². The van der Waals surface area contributed by atoms with E-state index in [1.165, 1.54) is 0 Å². The Labute approximate surface area is 80.4 Å². The smallest absolute Gasteiger partial charge is 0.207 e. The van der Waals surface area contributed by atoms with E-state index < -0.39 is 0 Å². The number of rotatable bonds is 2. The van der Waals surface area contributed by atoms with Gasteiger partial charge in [0.05, 0.1) is 0 Å². The first-order valence-corrected chi connectivity index (χ1v) is 4.76. The SMILES string of the molecule is C=CC.NC1CCCC(NC=O)C1. The van der Waals surface area contributed by atoms with Crippen LogP contribution in [0, 0.1) is 0 Å². The molecule has 0 aromatic rings. The molecule has 0 aromatic carbocycles. The third-order valence-corrected chi connectivity index (χ3v) is 2.02. The minimum Gasteiger partial charge on any atom is -0.356 e. The summed E-state index contributed by atoms with van der Waals surface area (Å²) < 4.78 is 0. The molecule has 1 aliphatic rings. The number of nitrogens with one attached hydrogen (secondary N) is 1. The van der Waals surface area contributed by atoms with Crippen LogP contribution in [0.4, 0.5) is 0 Å². The highest BCUT2D eigenvalue weighted by atomic mass is 16.1. The van der Waals surface area contributed by atoms with Crippen molar-refractivity contribution in [2.45, 2.75) is 44.7 Å². The zero-order valence-electron chi connectivity index (χ0n) is 8.33. The molecule has 0 spiro atoms. The van der Waals surface area contributed by atoms with Gasteiger partial charge in [-0.25, -0.2) is 0 Å². The van der Waals surface area contributed by atoms with Gasteiger partial charge in [0, 0.05) is 12.1 Å². The molecule has 2 unspecified atom stereocenters. The van der Waals surface area contributed by atoms with Gasteiger partial charge in [-0.05, 0) is 32.6 Å². The van der Waals surface area contributed by atoms with Gasteiger partial charge in [-0.2, -0.15) is 0 Å². The highest BCUT2D eigenvalue weighted by Gasteiger charge is 2.17. The fraction of sp³-hybridized carbons (Fsp3) is 0.700. The number of hydrogen-bond acceptors (Lipinski definition) is 2. The van der Waals surface area contributed by atoms with Crippen molar-refractivity contribution in [3.8, 4) is 0 Å². The summed E-state index contributed by atoms with van der Waals surface area (Å²) in [6.45, 7) is 5.25. The molecule has 0 bridgehead atoms. The molecular weight excluding hydrogens is 164 g/mol. The molecular formula is C10H20N2O. The summed E-state index contributed by atoms with van der Waals surface area (Å²) >= 11 is 0. The van der Waals surface area contributed by atoms with Crippen molar-refractivity contribution >= 4 is 6.41 Å². The van der Waals surface area contributed by atoms with Gasteiger partial charge in [0.2, 0.25) is 6.41 Å². The van der Waals surface area contributed by atoms with Gasteiger partial charge >= 0.3 is 0 Å². The van der Waals surface area contributed by atoms with E-state index in [4.69, 9.17) is 5.73 Å². The Balaban J connectivity index is 0.000000424. The maximum Gasteiger partial charge on any atom is 0.207 e. The van der Waals surface area contributed by atoms with E-state index in [-0.39, 0.29) is 0 Å². The zero-order valence-corrected chi connectivity index (χ0v) is 8.33. The van der Waals surface area contributed by atoms with E-state index in [2.05, 4.69) is 11.9 Å². The molecule has 1 amide bonds. The van der Waals surface area contributed by atoms with Crippen LogP contribution in [0.5, 0.6) is 0 Å². The van der Waals surface area contributed by atoms with E-state index in [0.29, 0.717) is 12.1 Å². The van der Waals surface area contributed by atoms with E-state index in [1.54, 1.807) is 6.08 Å². The van der Waals surface area contributed by atoms with E-state index >= 15 is 0 Å². The first kappa shape index (κ1) is 12.2. The molecule has 0 aromatic heterocycles. The molecule has 13 heavy (non-hydrogen) atoms. The molecule has 0 radical (unpaired) electrons. The highest BCUT2D eigenvalue weighted by molar-refractivity contribution is 5.46. The van der Waals surface area contributed by atoms with Crippen LogP contribution in [0.2, 0.25) is 0 Å². The highest BCUT2D eigenvalue weighted by Crippen LogP contribution is 2.15. The largest absolute Gasteiger partial charge is 0.356 e. The monoisotopic (exact) mass is 184 g/mol. The standard InChI is InChI=1S/C7H14N2O.C3H6/c8-6-2-1-3-7(4-6)9-5-10;1-3-2/h5-7H,1-4,8H2,(H,9,10);3H,1H2,2H3. The predicted octanol–water partition coefficient (Wildman–Crippen LogP) is 1.19. The van der Waals surface area contributed by atoms with Crippen LogP contribution in [0.15, 0.2) is 12.7 Å². The minimum absolute atomic E-state index is 0.297. The number of hydrogen-bond donors (Lipinski definition) is 2. The van der Waals surface area contributed by atoms with Gasteiger partial charge < -0.3 is 11.1 Å². The van der Waals surface area contributed by atoms with E-state index in [0.717, 1.165) is 32.1 Å². The summed E-state index contributed by atoms with van der Waals surface area (Å²) in [5.74, 6) is 0. The van der Waals surface area contributed by atoms with Crippen LogP contribution in [0.3, 0.4) is 0 Å². The molecule has 3 nitrogen and oxygen atoms in total. The lowest BCUT2D eigenvalue weighted by molar-refractivity contribution is -0.110. The van der Waals surface area contributed by atoms with E-state index in [1.807, 2.05) is 6.92 Å². The van der Waals surface area contributed by atoms with Gasteiger partial charge in [-0.1, -0.05) is 6.08 Å². The average molecular weight is 184 g/mol. The first-order chi connectivity index (χ1) is 6.24. The normalized spacial score (nSPS) is 26.6. The molecule has 1 fully saturated rings. The van der Waals surface area contributed by atoms with Crippen molar-refractivity contribution in [1.82, 2.24) is 5.32 Å². The second kappa shape index (κ2) is 7.80. The molecule has 2 atom stereocenters. The Hall–Kier alpha value is -0.830.